The summed E-state index contributed by atoms with van der Waals surface area (Å²) >= 11 is 5.67. The maximum Gasteiger partial charge on any atom is 0.261 e. The molecule has 0 unspecified atom stereocenters. The maximum atomic E-state index is 13.3. The van der Waals surface area contributed by atoms with E-state index in [0.717, 1.165) is 18.2 Å². The highest BCUT2D eigenvalue weighted by molar-refractivity contribution is 7.92. The van der Waals surface area contributed by atoms with Crippen LogP contribution in [0, 0.1) is 5.82 Å². The topological polar surface area (TPSA) is 81.4 Å². The van der Waals surface area contributed by atoms with Crippen molar-refractivity contribution < 1.29 is 22.0 Å². The van der Waals surface area contributed by atoms with E-state index < -0.39 is 15.8 Å². The molecule has 0 saturated heterocycles. The molecule has 0 bridgehead atoms. The zero-order valence-electron chi connectivity index (χ0n) is 12.9. The first kappa shape index (κ1) is 17.2. The van der Waals surface area contributed by atoms with Gasteiger partial charge in [-0.25, -0.2) is 17.8 Å². The van der Waals surface area contributed by atoms with E-state index >= 15 is 0 Å². The molecule has 0 aliphatic heterocycles. The maximum absolute atomic E-state index is 13.3. The van der Waals surface area contributed by atoms with Gasteiger partial charge in [-0.15, -0.1) is 0 Å². The number of rotatable bonds is 5. The number of anilines is 1. The number of sulfonamides is 1. The van der Waals surface area contributed by atoms with Crippen molar-refractivity contribution in [3.05, 3.63) is 59.7 Å². The number of nitrogens with one attached hydrogen (secondary N) is 1. The number of oxazole rings is 1. The summed E-state index contributed by atoms with van der Waals surface area (Å²) in [6.07, 6.45) is 2.81. The predicted octanol–water partition coefficient (Wildman–Crippen LogP) is 3.94. The molecule has 0 aliphatic carbocycles. The number of nitrogens with zero attached hydrogens (tertiary/aromatic N) is 1. The molecular weight excluding hydrogens is 371 g/mol. The Kier molecular flexibility index (Phi) is 4.65. The van der Waals surface area contributed by atoms with Crippen LogP contribution >= 0.6 is 11.6 Å². The van der Waals surface area contributed by atoms with Gasteiger partial charge >= 0.3 is 0 Å². The summed E-state index contributed by atoms with van der Waals surface area (Å²) in [4.78, 5) is 3.85. The van der Waals surface area contributed by atoms with Crippen molar-refractivity contribution in [3.63, 3.8) is 0 Å². The average molecular weight is 383 g/mol. The van der Waals surface area contributed by atoms with Gasteiger partial charge in [-0.05, 0) is 36.4 Å². The van der Waals surface area contributed by atoms with Crippen LogP contribution in [0.25, 0.3) is 11.5 Å². The number of hydrogen-bond donors (Lipinski definition) is 1. The van der Waals surface area contributed by atoms with E-state index in [1.165, 1.54) is 25.6 Å². The first-order valence-electron chi connectivity index (χ1n) is 6.96. The quantitative estimate of drug-likeness (QED) is 0.722. The highest BCUT2D eigenvalue weighted by Gasteiger charge is 2.20. The summed E-state index contributed by atoms with van der Waals surface area (Å²) in [5.74, 6) is 0.0141. The van der Waals surface area contributed by atoms with Crippen molar-refractivity contribution in [1.29, 1.82) is 0 Å². The van der Waals surface area contributed by atoms with Crippen molar-refractivity contribution in [3.8, 4) is 17.2 Å². The number of aromatic nitrogens is 1. The summed E-state index contributed by atoms with van der Waals surface area (Å²) in [6, 6.07) is 7.83. The summed E-state index contributed by atoms with van der Waals surface area (Å²) in [5, 5.41) is -0.287. The van der Waals surface area contributed by atoms with Crippen LogP contribution in [0.3, 0.4) is 0 Å². The van der Waals surface area contributed by atoms with Crippen LogP contribution in [-0.4, -0.2) is 20.5 Å². The molecule has 25 heavy (non-hydrogen) atoms. The third kappa shape index (κ3) is 3.59. The number of halogens is 2. The second kappa shape index (κ2) is 6.73. The molecule has 0 fully saturated rings. The molecule has 2 aromatic carbocycles. The van der Waals surface area contributed by atoms with Crippen molar-refractivity contribution >= 4 is 27.3 Å². The molecule has 0 aliphatic rings. The molecule has 0 atom stereocenters. The lowest BCUT2D eigenvalue weighted by molar-refractivity contribution is 0.415. The van der Waals surface area contributed by atoms with Gasteiger partial charge in [0.05, 0.1) is 34.5 Å². The van der Waals surface area contributed by atoms with E-state index in [-0.39, 0.29) is 21.5 Å². The van der Waals surface area contributed by atoms with E-state index in [9.17, 15) is 12.8 Å². The van der Waals surface area contributed by atoms with Gasteiger partial charge in [0.2, 0.25) is 5.89 Å². The number of hydrogen-bond acceptors (Lipinski definition) is 5. The van der Waals surface area contributed by atoms with Gasteiger partial charge in [-0.2, -0.15) is 0 Å². The number of benzene rings is 2. The Morgan fingerprint density at radius 1 is 1.24 bits per heavy atom. The predicted molar refractivity (Wildman–Crippen MR) is 90.7 cm³/mol. The lowest BCUT2D eigenvalue weighted by atomic mass is 10.1. The SMILES string of the molecule is COc1ccc(NS(=O)(=O)c2ccc(F)c(Cl)c2)c(-c2ncco2)c1. The van der Waals surface area contributed by atoms with E-state index in [0.29, 0.717) is 11.3 Å². The Labute approximate surface area is 148 Å². The Balaban J connectivity index is 2.03. The lowest BCUT2D eigenvalue weighted by Gasteiger charge is -2.12. The van der Waals surface area contributed by atoms with Crippen LogP contribution in [0.4, 0.5) is 10.1 Å². The molecule has 1 N–H and O–H groups in total. The van der Waals surface area contributed by atoms with Crippen LogP contribution in [0.1, 0.15) is 0 Å². The molecule has 6 nitrogen and oxygen atoms in total. The van der Waals surface area contributed by atoms with E-state index in [1.54, 1.807) is 12.1 Å². The summed E-state index contributed by atoms with van der Waals surface area (Å²) < 4.78 is 51.2. The Hall–Kier alpha value is -2.58. The monoisotopic (exact) mass is 382 g/mol. The smallest absolute Gasteiger partial charge is 0.261 e. The number of ether oxygens (including phenoxy) is 1. The fourth-order valence-electron chi connectivity index (χ4n) is 2.12. The van der Waals surface area contributed by atoms with Gasteiger partial charge < -0.3 is 9.15 Å². The van der Waals surface area contributed by atoms with Gasteiger partial charge in [0.15, 0.2) is 0 Å². The lowest BCUT2D eigenvalue weighted by Crippen LogP contribution is -2.14. The minimum Gasteiger partial charge on any atom is -0.497 e. The molecule has 0 saturated carbocycles. The van der Waals surface area contributed by atoms with E-state index in [4.69, 9.17) is 20.8 Å². The second-order valence-electron chi connectivity index (χ2n) is 4.93. The molecular formula is C16H12ClFN2O4S. The van der Waals surface area contributed by atoms with E-state index in [2.05, 4.69) is 9.71 Å². The third-order valence-electron chi connectivity index (χ3n) is 3.34. The Bertz CT molecular complexity index is 1010. The first-order valence-corrected chi connectivity index (χ1v) is 8.82. The van der Waals surface area contributed by atoms with Crippen LogP contribution in [0.15, 0.2) is 58.2 Å². The molecule has 3 aromatic rings. The number of methoxy groups -OCH3 is 1. The Morgan fingerprint density at radius 3 is 2.68 bits per heavy atom. The molecule has 0 amide bonds. The van der Waals surface area contributed by atoms with Crippen molar-refractivity contribution in [1.82, 2.24) is 4.98 Å². The average Bonchev–Trinajstić information content (AvgIpc) is 3.11. The molecule has 1 heterocycles. The normalized spacial score (nSPS) is 11.3. The minimum absolute atomic E-state index is 0.173. The van der Waals surface area contributed by atoms with Gasteiger partial charge in [0.25, 0.3) is 10.0 Å². The summed E-state index contributed by atoms with van der Waals surface area (Å²) in [5.41, 5.74) is 0.616. The fraction of sp³-hybridized carbons (Fsp3) is 0.0625. The molecule has 1 aromatic heterocycles. The van der Waals surface area contributed by atoms with Gasteiger partial charge in [0, 0.05) is 0 Å². The van der Waals surface area contributed by atoms with Crippen LogP contribution < -0.4 is 9.46 Å². The standard InChI is InChI=1S/C16H12ClFN2O4S/c1-23-10-2-5-15(12(8-10)16-19-6-7-24-16)20-25(21,22)11-3-4-14(18)13(17)9-11/h2-9,20H,1H3. The molecule has 130 valence electrons. The van der Waals surface area contributed by atoms with Crippen molar-refractivity contribution in [2.24, 2.45) is 0 Å². The van der Waals surface area contributed by atoms with E-state index in [1.807, 2.05) is 0 Å². The Morgan fingerprint density at radius 2 is 2.04 bits per heavy atom. The minimum atomic E-state index is -4.00. The zero-order valence-corrected chi connectivity index (χ0v) is 14.4. The first-order chi connectivity index (χ1) is 11.9. The van der Waals surface area contributed by atoms with Crippen LogP contribution in [0.2, 0.25) is 5.02 Å². The molecule has 9 heteroatoms. The third-order valence-corrected chi connectivity index (χ3v) is 4.99. The van der Waals surface area contributed by atoms with Crippen molar-refractivity contribution in [2.75, 3.05) is 11.8 Å². The van der Waals surface area contributed by atoms with Gasteiger partial charge in [0.1, 0.15) is 17.8 Å². The van der Waals surface area contributed by atoms with Gasteiger partial charge in [-0.3, -0.25) is 4.72 Å². The molecule has 3 rings (SSSR count). The van der Waals surface area contributed by atoms with Gasteiger partial charge in [-0.1, -0.05) is 11.6 Å². The zero-order chi connectivity index (χ0) is 18.0. The second-order valence-corrected chi connectivity index (χ2v) is 7.02. The summed E-state index contributed by atoms with van der Waals surface area (Å²) in [7, 11) is -2.51. The van der Waals surface area contributed by atoms with Crippen LogP contribution in [0.5, 0.6) is 5.75 Å². The summed E-state index contributed by atoms with van der Waals surface area (Å²) in [6.45, 7) is 0. The highest BCUT2D eigenvalue weighted by atomic mass is 35.5. The largest absolute Gasteiger partial charge is 0.497 e. The molecule has 0 radical (unpaired) electrons. The van der Waals surface area contributed by atoms with Crippen molar-refractivity contribution in [2.45, 2.75) is 4.90 Å². The highest BCUT2D eigenvalue weighted by Crippen LogP contribution is 2.32. The van der Waals surface area contributed by atoms with Crippen LogP contribution in [-0.2, 0) is 10.0 Å². The fourth-order valence-corrected chi connectivity index (χ4v) is 3.47. The molecule has 0 spiro atoms.